The van der Waals surface area contributed by atoms with Crippen LogP contribution in [0.15, 0.2) is 3.53 Å². The third kappa shape index (κ3) is 4.47. The van der Waals surface area contributed by atoms with Crippen molar-refractivity contribution in [2.75, 3.05) is 14.1 Å². The average molecular weight is 106 g/mol. The Hall–Kier alpha value is 0.474. The molecule has 2 nitrogen and oxygen atoms in total. The van der Waals surface area contributed by atoms with Crippen LogP contribution in [-0.4, -0.2) is 19.1 Å². The molecule has 0 N–H and O–H groups in total. The Morgan fingerprint density at radius 2 is 1.80 bits per heavy atom. The second kappa shape index (κ2) is 2.70. The summed E-state index contributed by atoms with van der Waals surface area (Å²) in [4.78, 5) is 0. The number of hydrogen-bond acceptors (Lipinski definition) is 2. The molecule has 0 fully saturated rings. The zero-order chi connectivity index (χ0) is 4.28. The third-order valence-corrected chi connectivity index (χ3v) is 0.825. The molecule has 0 spiro atoms. The van der Waals surface area contributed by atoms with Gasteiger partial charge in [0.1, 0.15) is 0 Å². The molecule has 28 valence electrons. The molecular formula is C2H6N2Ti. The maximum atomic E-state index is 3.72. The van der Waals surface area contributed by atoms with Crippen LogP contribution in [0, 0.1) is 0 Å². The van der Waals surface area contributed by atoms with E-state index >= 15 is 0 Å². The van der Waals surface area contributed by atoms with Crippen molar-refractivity contribution in [1.82, 2.24) is 5.01 Å². The Balaban J connectivity index is 2.83. The molecule has 0 aliphatic carbocycles. The van der Waals surface area contributed by atoms with Gasteiger partial charge in [0, 0.05) is 0 Å². The van der Waals surface area contributed by atoms with E-state index in [-0.39, 0.29) is 0 Å². The molecule has 0 unspecified atom stereocenters. The van der Waals surface area contributed by atoms with E-state index in [1.807, 2.05) is 14.1 Å². The molecule has 0 aromatic rings. The van der Waals surface area contributed by atoms with Gasteiger partial charge in [0.25, 0.3) is 0 Å². The normalized spacial score (nSPS) is 8.40. The minimum absolute atomic E-state index is 1.75. The van der Waals surface area contributed by atoms with Crippen LogP contribution in [0.1, 0.15) is 0 Å². The van der Waals surface area contributed by atoms with Crippen LogP contribution in [-0.2, 0) is 20.3 Å². The van der Waals surface area contributed by atoms with Crippen molar-refractivity contribution < 1.29 is 20.3 Å². The van der Waals surface area contributed by atoms with Crippen LogP contribution < -0.4 is 0 Å². The summed E-state index contributed by atoms with van der Waals surface area (Å²) in [6.07, 6.45) is 0. The van der Waals surface area contributed by atoms with Crippen LogP contribution >= 0.6 is 0 Å². The van der Waals surface area contributed by atoms with Crippen LogP contribution in [0.2, 0.25) is 0 Å². The van der Waals surface area contributed by atoms with E-state index in [9.17, 15) is 0 Å². The van der Waals surface area contributed by atoms with E-state index in [1.54, 1.807) is 25.3 Å². The second-order valence-electron chi connectivity index (χ2n) is 0.947. The Kier molecular flexibility index (Phi) is 2.95. The summed E-state index contributed by atoms with van der Waals surface area (Å²) >= 11 is 1.75. The number of nitrogens with zero attached hydrogens (tertiary/aromatic N) is 2. The molecular weight excluding hydrogens is 99.9 g/mol. The fraction of sp³-hybridized carbons (Fsp3) is 1.00. The molecule has 0 aromatic carbocycles. The summed E-state index contributed by atoms with van der Waals surface area (Å²) in [5.74, 6) is 0. The van der Waals surface area contributed by atoms with Gasteiger partial charge in [-0.25, -0.2) is 0 Å². The minimum atomic E-state index is 1.75. The van der Waals surface area contributed by atoms with Gasteiger partial charge in [-0.2, -0.15) is 0 Å². The average Bonchev–Trinajstić information content (AvgIpc) is 1.38. The molecule has 0 amide bonds. The number of rotatable bonds is 1. The summed E-state index contributed by atoms with van der Waals surface area (Å²) in [5.41, 5.74) is 0. The summed E-state index contributed by atoms with van der Waals surface area (Å²) in [7, 11) is 3.78. The van der Waals surface area contributed by atoms with Crippen molar-refractivity contribution in [2.24, 2.45) is 3.53 Å². The van der Waals surface area contributed by atoms with E-state index in [0.717, 1.165) is 0 Å². The SMILES string of the molecule is CN(C)[N]=[Ti]. The van der Waals surface area contributed by atoms with E-state index in [2.05, 4.69) is 3.53 Å². The van der Waals surface area contributed by atoms with E-state index in [1.165, 1.54) is 0 Å². The van der Waals surface area contributed by atoms with Crippen molar-refractivity contribution in [2.45, 2.75) is 0 Å². The fourth-order valence-corrected chi connectivity index (χ4v) is 0. The molecule has 0 heterocycles. The summed E-state index contributed by atoms with van der Waals surface area (Å²) in [6, 6.07) is 0. The van der Waals surface area contributed by atoms with Crippen molar-refractivity contribution in [3.8, 4) is 0 Å². The van der Waals surface area contributed by atoms with Crippen molar-refractivity contribution in [3.63, 3.8) is 0 Å². The first-order valence-corrected chi connectivity index (χ1v) is 2.02. The topological polar surface area (TPSA) is 15.6 Å². The van der Waals surface area contributed by atoms with Crippen molar-refractivity contribution in [1.29, 1.82) is 0 Å². The summed E-state index contributed by atoms with van der Waals surface area (Å²) < 4.78 is 3.72. The molecule has 3 heteroatoms. The van der Waals surface area contributed by atoms with Gasteiger partial charge in [-0.1, -0.05) is 0 Å². The van der Waals surface area contributed by atoms with Crippen molar-refractivity contribution >= 4 is 0 Å². The van der Waals surface area contributed by atoms with Crippen LogP contribution in [0.3, 0.4) is 0 Å². The standard InChI is InChI=1S/C2H6N2.Ti/c1-4(2)3;/h1-2H3;. The molecule has 0 saturated heterocycles. The van der Waals surface area contributed by atoms with Gasteiger partial charge in [0.15, 0.2) is 0 Å². The molecule has 0 aliphatic heterocycles. The molecule has 5 heavy (non-hydrogen) atoms. The van der Waals surface area contributed by atoms with E-state index in [0.29, 0.717) is 0 Å². The molecule has 0 bridgehead atoms. The first-order chi connectivity index (χ1) is 2.27. The Morgan fingerprint density at radius 1 is 1.60 bits per heavy atom. The van der Waals surface area contributed by atoms with Crippen LogP contribution in [0.5, 0.6) is 0 Å². The first-order valence-electron chi connectivity index (χ1n) is 1.32. The Morgan fingerprint density at radius 3 is 1.80 bits per heavy atom. The predicted molar refractivity (Wildman–Crippen MR) is 16.1 cm³/mol. The fourth-order valence-electron chi connectivity index (χ4n) is 0. The van der Waals surface area contributed by atoms with Gasteiger partial charge >= 0.3 is 42.9 Å². The predicted octanol–water partition coefficient (Wildman–Crippen LogP) is 0.193. The quantitative estimate of drug-likeness (QED) is 0.344. The molecule has 0 radical (unpaired) electrons. The monoisotopic (exact) mass is 106 g/mol. The van der Waals surface area contributed by atoms with Gasteiger partial charge in [0.05, 0.1) is 0 Å². The van der Waals surface area contributed by atoms with E-state index < -0.39 is 0 Å². The molecule has 0 saturated carbocycles. The Bertz CT molecular complexity index is 34.6. The van der Waals surface area contributed by atoms with Gasteiger partial charge in [-0.15, -0.1) is 0 Å². The van der Waals surface area contributed by atoms with Crippen LogP contribution in [0.4, 0.5) is 0 Å². The zero-order valence-electron chi connectivity index (χ0n) is 3.39. The summed E-state index contributed by atoms with van der Waals surface area (Å²) in [6.45, 7) is 0. The van der Waals surface area contributed by atoms with E-state index in [4.69, 9.17) is 0 Å². The molecule has 0 atom stereocenters. The van der Waals surface area contributed by atoms with Gasteiger partial charge in [0.2, 0.25) is 0 Å². The maximum absolute atomic E-state index is 3.72. The third-order valence-electron chi connectivity index (χ3n) is 0.200. The second-order valence-corrected chi connectivity index (χ2v) is 1.26. The first kappa shape index (κ1) is 5.47. The van der Waals surface area contributed by atoms with Crippen LogP contribution in [0.25, 0.3) is 0 Å². The number of hydrogen-bond donors (Lipinski definition) is 0. The van der Waals surface area contributed by atoms with Gasteiger partial charge in [-0.3, -0.25) is 0 Å². The zero-order valence-corrected chi connectivity index (χ0v) is 4.96. The molecule has 0 aliphatic rings. The Labute approximate surface area is 43.4 Å². The van der Waals surface area contributed by atoms with Gasteiger partial charge in [-0.05, 0) is 0 Å². The van der Waals surface area contributed by atoms with Crippen molar-refractivity contribution in [3.05, 3.63) is 0 Å². The molecule has 0 rings (SSSR count). The van der Waals surface area contributed by atoms with Gasteiger partial charge < -0.3 is 0 Å². The summed E-state index contributed by atoms with van der Waals surface area (Å²) in [5, 5.41) is 1.75. The molecule has 0 aromatic heterocycles.